The highest BCUT2D eigenvalue weighted by Crippen LogP contribution is 2.26. The molecule has 0 aliphatic heterocycles. The molecule has 1 atom stereocenters. The van der Waals surface area contributed by atoms with Gasteiger partial charge in [-0.15, -0.1) is 0 Å². The monoisotopic (exact) mass is 294 g/mol. The molecule has 0 spiro atoms. The van der Waals surface area contributed by atoms with E-state index in [1.807, 2.05) is 12.1 Å². The van der Waals surface area contributed by atoms with Crippen LogP contribution in [0.4, 0.5) is 5.69 Å². The molecule has 2 aromatic rings. The van der Waals surface area contributed by atoms with Crippen LogP contribution < -0.4 is 11.1 Å². The highest BCUT2D eigenvalue weighted by Gasteiger charge is 2.18. The van der Waals surface area contributed by atoms with E-state index < -0.39 is 11.9 Å². The lowest BCUT2D eigenvalue weighted by molar-refractivity contribution is -0.118. The number of carbonyl (C=O) groups is 1. The first-order chi connectivity index (χ1) is 9.08. The Kier molecular flexibility index (Phi) is 4.30. The van der Waals surface area contributed by atoms with Crippen LogP contribution in [0.5, 0.6) is 0 Å². The zero-order valence-corrected chi connectivity index (χ0v) is 11.4. The minimum Gasteiger partial charge on any atom is -0.369 e. The van der Waals surface area contributed by atoms with Gasteiger partial charge in [0.25, 0.3) is 0 Å². The summed E-state index contributed by atoms with van der Waals surface area (Å²) in [6.07, 6.45) is 0. The van der Waals surface area contributed by atoms with Crippen LogP contribution in [0.2, 0.25) is 10.0 Å². The summed E-state index contributed by atoms with van der Waals surface area (Å²) in [7, 11) is 0. The van der Waals surface area contributed by atoms with Crippen LogP contribution in [0, 0.1) is 0 Å². The Morgan fingerprint density at radius 3 is 2.47 bits per heavy atom. The molecular weight excluding hydrogens is 283 g/mol. The van der Waals surface area contributed by atoms with Crippen molar-refractivity contribution in [3.05, 3.63) is 64.1 Å². The molecule has 1 unspecified atom stereocenters. The van der Waals surface area contributed by atoms with E-state index in [9.17, 15) is 4.79 Å². The number of nitrogens with one attached hydrogen (secondary N) is 1. The van der Waals surface area contributed by atoms with E-state index >= 15 is 0 Å². The number of rotatable bonds is 4. The number of para-hydroxylation sites is 1. The molecule has 2 rings (SSSR count). The van der Waals surface area contributed by atoms with E-state index in [1.54, 1.807) is 36.4 Å². The molecular formula is C14H12Cl2N2O. The minimum absolute atomic E-state index is 0.498. The van der Waals surface area contributed by atoms with Gasteiger partial charge in [-0.25, -0.2) is 0 Å². The fourth-order valence-electron chi connectivity index (χ4n) is 1.74. The quantitative estimate of drug-likeness (QED) is 0.905. The third-order valence-electron chi connectivity index (χ3n) is 2.64. The molecule has 0 saturated heterocycles. The lowest BCUT2D eigenvalue weighted by Gasteiger charge is -2.18. The molecule has 0 aliphatic rings. The van der Waals surface area contributed by atoms with Crippen LogP contribution in [0.25, 0.3) is 0 Å². The summed E-state index contributed by atoms with van der Waals surface area (Å²) in [4.78, 5) is 11.6. The molecule has 1 amide bonds. The van der Waals surface area contributed by atoms with E-state index in [2.05, 4.69) is 5.32 Å². The number of halogens is 2. The van der Waals surface area contributed by atoms with Crippen LogP contribution in [0.3, 0.4) is 0 Å². The van der Waals surface area contributed by atoms with Gasteiger partial charge in [0.15, 0.2) is 0 Å². The van der Waals surface area contributed by atoms with E-state index in [-0.39, 0.29) is 0 Å². The second-order valence-corrected chi connectivity index (χ2v) is 4.86. The number of anilines is 1. The summed E-state index contributed by atoms with van der Waals surface area (Å²) in [5.41, 5.74) is 6.77. The molecule has 5 heteroatoms. The van der Waals surface area contributed by atoms with E-state index in [0.717, 1.165) is 0 Å². The third-order valence-corrected chi connectivity index (χ3v) is 3.20. The first-order valence-electron chi connectivity index (χ1n) is 5.64. The summed E-state index contributed by atoms with van der Waals surface area (Å²) in [5, 5.41) is 4.10. The number of benzene rings is 2. The molecule has 98 valence electrons. The topological polar surface area (TPSA) is 55.1 Å². The Labute approximate surface area is 121 Å². The Morgan fingerprint density at radius 2 is 1.84 bits per heavy atom. The molecule has 3 nitrogen and oxygen atoms in total. The van der Waals surface area contributed by atoms with Crippen LogP contribution in [-0.4, -0.2) is 5.91 Å². The smallest absolute Gasteiger partial charge is 0.244 e. The normalized spacial score (nSPS) is 11.9. The van der Waals surface area contributed by atoms with Gasteiger partial charge < -0.3 is 11.1 Å². The highest BCUT2D eigenvalue weighted by molar-refractivity contribution is 6.33. The lowest BCUT2D eigenvalue weighted by Crippen LogP contribution is -2.27. The highest BCUT2D eigenvalue weighted by atomic mass is 35.5. The predicted octanol–water partition coefficient (Wildman–Crippen LogP) is 3.63. The van der Waals surface area contributed by atoms with E-state index in [0.29, 0.717) is 21.3 Å². The van der Waals surface area contributed by atoms with Gasteiger partial charge in [-0.3, -0.25) is 4.79 Å². The van der Waals surface area contributed by atoms with Crippen LogP contribution in [-0.2, 0) is 4.79 Å². The van der Waals surface area contributed by atoms with Crippen molar-refractivity contribution in [2.45, 2.75) is 6.04 Å². The maximum Gasteiger partial charge on any atom is 0.244 e. The van der Waals surface area contributed by atoms with Gasteiger partial charge in [0.2, 0.25) is 5.91 Å². The molecule has 2 aromatic carbocycles. The average Bonchev–Trinajstić information content (AvgIpc) is 2.37. The Morgan fingerprint density at radius 1 is 1.11 bits per heavy atom. The van der Waals surface area contributed by atoms with Crippen molar-refractivity contribution in [1.29, 1.82) is 0 Å². The fourth-order valence-corrected chi connectivity index (χ4v) is 2.13. The Bertz CT molecular complexity index is 602. The van der Waals surface area contributed by atoms with E-state index in [1.165, 1.54) is 0 Å². The molecule has 0 aliphatic carbocycles. The van der Waals surface area contributed by atoms with Gasteiger partial charge >= 0.3 is 0 Å². The molecule has 3 N–H and O–H groups in total. The number of amides is 1. The zero-order valence-electron chi connectivity index (χ0n) is 9.94. The van der Waals surface area contributed by atoms with Crippen LogP contribution >= 0.6 is 23.2 Å². The largest absolute Gasteiger partial charge is 0.369 e. The van der Waals surface area contributed by atoms with Crippen molar-refractivity contribution < 1.29 is 4.79 Å². The van der Waals surface area contributed by atoms with Gasteiger partial charge in [-0.2, -0.15) is 0 Å². The molecule has 19 heavy (non-hydrogen) atoms. The Hall–Kier alpha value is -1.71. The molecule has 0 aromatic heterocycles. The second kappa shape index (κ2) is 5.95. The van der Waals surface area contributed by atoms with Gasteiger partial charge in [-0.05, 0) is 29.8 Å². The average molecular weight is 295 g/mol. The molecule has 0 radical (unpaired) electrons. The summed E-state index contributed by atoms with van der Waals surface area (Å²) in [5.74, 6) is -0.498. The van der Waals surface area contributed by atoms with Crippen LogP contribution in [0.15, 0.2) is 48.5 Å². The van der Waals surface area contributed by atoms with Crippen LogP contribution in [0.1, 0.15) is 11.6 Å². The van der Waals surface area contributed by atoms with E-state index in [4.69, 9.17) is 28.9 Å². The third kappa shape index (κ3) is 3.40. The van der Waals surface area contributed by atoms with Crippen molar-refractivity contribution in [2.75, 3.05) is 5.32 Å². The van der Waals surface area contributed by atoms with Crippen molar-refractivity contribution in [2.24, 2.45) is 5.73 Å². The van der Waals surface area contributed by atoms with Crippen molar-refractivity contribution >= 4 is 34.8 Å². The zero-order chi connectivity index (χ0) is 13.8. The maximum absolute atomic E-state index is 11.6. The number of primary amides is 1. The SMILES string of the molecule is NC(=O)C(Nc1ccccc1Cl)c1cccc(Cl)c1. The standard InChI is InChI=1S/C14H12Cl2N2O/c15-10-5-3-4-9(8-10)13(14(17)19)18-12-7-2-1-6-11(12)16/h1-8,13,18H,(H2,17,19). The molecule has 0 saturated carbocycles. The van der Waals surface area contributed by atoms with Gasteiger partial charge in [0.1, 0.15) is 6.04 Å². The second-order valence-electron chi connectivity index (χ2n) is 4.01. The fraction of sp³-hybridized carbons (Fsp3) is 0.0714. The summed E-state index contributed by atoms with van der Waals surface area (Å²) < 4.78 is 0. The number of hydrogen-bond acceptors (Lipinski definition) is 2. The van der Waals surface area contributed by atoms with Crippen molar-refractivity contribution in [3.63, 3.8) is 0 Å². The first-order valence-corrected chi connectivity index (χ1v) is 6.39. The van der Waals surface area contributed by atoms with Crippen molar-refractivity contribution in [3.8, 4) is 0 Å². The number of carbonyl (C=O) groups excluding carboxylic acids is 1. The predicted molar refractivity (Wildman–Crippen MR) is 78.5 cm³/mol. The van der Waals surface area contributed by atoms with Crippen molar-refractivity contribution in [1.82, 2.24) is 0 Å². The lowest BCUT2D eigenvalue weighted by atomic mass is 10.1. The van der Waals surface area contributed by atoms with Gasteiger partial charge in [-0.1, -0.05) is 47.5 Å². The summed E-state index contributed by atoms with van der Waals surface area (Å²) >= 11 is 12.0. The Balaban J connectivity index is 2.32. The molecule has 0 bridgehead atoms. The first kappa shape index (κ1) is 13.7. The molecule has 0 fully saturated rings. The number of nitrogens with two attached hydrogens (primary N) is 1. The number of hydrogen-bond donors (Lipinski definition) is 2. The summed E-state index contributed by atoms with van der Waals surface area (Å²) in [6, 6.07) is 13.4. The summed E-state index contributed by atoms with van der Waals surface area (Å²) in [6.45, 7) is 0. The maximum atomic E-state index is 11.6. The minimum atomic E-state index is -0.682. The van der Waals surface area contributed by atoms with Gasteiger partial charge in [0.05, 0.1) is 10.7 Å². The van der Waals surface area contributed by atoms with Gasteiger partial charge in [0, 0.05) is 5.02 Å². The molecule has 0 heterocycles.